The SMILES string of the molecule is CCCCCN(CC(=O)Nc1cc(C(C)(C)C)nn1-c1ccccc1Cl)C(=O)NC1CCCCC1. The molecule has 0 radical (unpaired) electrons. The number of hydrogen-bond donors (Lipinski definition) is 2. The molecule has 0 spiro atoms. The minimum absolute atomic E-state index is 0.0131. The number of nitrogens with one attached hydrogen (secondary N) is 2. The zero-order valence-electron chi connectivity index (χ0n) is 21.6. The van der Waals surface area contributed by atoms with Crippen LogP contribution >= 0.6 is 11.6 Å². The van der Waals surface area contributed by atoms with Gasteiger partial charge < -0.3 is 15.5 Å². The van der Waals surface area contributed by atoms with Gasteiger partial charge in [-0.1, -0.05) is 83.5 Å². The molecule has 3 amide bonds. The number of unbranched alkanes of at least 4 members (excludes halogenated alkanes) is 2. The third kappa shape index (κ3) is 7.72. The van der Waals surface area contributed by atoms with Crippen molar-refractivity contribution < 1.29 is 9.59 Å². The molecule has 1 heterocycles. The fourth-order valence-corrected chi connectivity index (χ4v) is 4.53. The van der Waals surface area contributed by atoms with Crippen LogP contribution in [-0.4, -0.2) is 45.8 Å². The van der Waals surface area contributed by atoms with Crippen molar-refractivity contribution in [1.82, 2.24) is 20.0 Å². The smallest absolute Gasteiger partial charge is 0.318 e. The summed E-state index contributed by atoms with van der Waals surface area (Å²) in [7, 11) is 0. The first-order valence-electron chi connectivity index (χ1n) is 12.9. The van der Waals surface area contributed by atoms with E-state index in [4.69, 9.17) is 16.7 Å². The quantitative estimate of drug-likeness (QED) is 0.396. The first kappa shape index (κ1) is 27.1. The Labute approximate surface area is 214 Å². The number of anilines is 1. The van der Waals surface area contributed by atoms with Crippen LogP contribution in [0.1, 0.15) is 84.8 Å². The van der Waals surface area contributed by atoms with E-state index in [-0.39, 0.29) is 29.9 Å². The van der Waals surface area contributed by atoms with Gasteiger partial charge in [0.05, 0.1) is 16.4 Å². The second-order valence-electron chi connectivity index (χ2n) is 10.5. The summed E-state index contributed by atoms with van der Waals surface area (Å²) in [5.74, 6) is 0.281. The number of para-hydroxylation sites is 1. The van der Waals surface area contributed by atoms with Crippen LogP contribution in [-0.2, 0) is 10.2 Å². The van der Waals surface area contributed by atoms with E-state index in [0.717, 1.165) is 50.6 Å². The molecule has 2 aromatic rings. The average Bonchev–Trinajstić information content (AvgIpc) is 3.23. The van der Waals surface area contributed by atoms with Crippen LogP contribution in [0, 0.1) is 0 Å². The number of rotatable bonds is 9. The molecule has 1 aliphatic carbocycles. The van der Waals surface area contributed by atoms with E-state index in [9.17, 15) is 9.59 Å². The van der Waals surface area contributed by atoms with Crippen molar-refractivity contribution in [2.45, 2.75) is 90.5 Å². The van der Waals surface area contributed by atoms with Crippen LogP contribution in [0.4, 0.5) is 10.6 Å². The summed E-state index contributed by atoms with van der Waals surface area (Å²) < 4.78 is 1.67. The standard InChI is InChI=1S/C27H40ClN5O2/c1-5-6-12-17-32(26(35)29-20-13-8-7-9-14-20)19-25(34)30-24-18-23(27(2,3)4)31-33(24)22-16-11-10-15-21(22)28/h10-11,15-16,18,20H,5-9,12-14,17,19H2,1-4H3,(H,29,35)(H,30,34). The lowest BCUT2D eigenvalue weighted by molar-refractivity contribution is -0.116. The predicted octanol–water partition coefficient (Wildman–Crippen LogP) is 6.30. The summed E-state index contributed by atoms with van der Waals surface area (Å²) in [5.41, 5.74) is 1.32. The normalized spacial score (nSPS) is 14.5. The Morgan fingerprint density at radius 2 is 1.86 bits per heavy atom. The van der Waals surface area contributed by atoms with Gasteiger partial charge in [0.1, 0.15) is 12.4 Å². The molecule has 0 bridgehead atoms. The number of nitrogens with zero attached hydrogens (tertiary/aromatic N) is 3. The molecule has 35 heavy (non-hydrogen) atoms. The molecule has 7 nitrogen and oxygen atoms in total. The van der Waals surface area contributed by atoms with E-state index in [1.54, 1.807) is 15.6 Å². The fourth-order valence-electron chi connectivity index (χ4n) is 4.32. The van der Waals surface area contributed by atoms with Crippen molar-refractivity contribution in [3.05, 3.63) is 41.0 Å². The fraction of sp³-hybridized carbons (Fsp3) is 0.593. The summed E-state index contributed by atoms with van der Waals surface area (Å²) in [6.07, 6.45) is 8.46. The second-order valence-corrected chi connectivity index (χ2v) is 10.9. The Hall–Kier alpha value is -2.54. The molecule has 0 atom stereocenters. The maximum absolute atomic E-state index is 13.2. The van der Waals surface area contributed by atoms with E-state index in [1.165, 1.54) is 6.42 Å². The number of aromatic nitrogens is 2. The monoisotopic (exact) mass is 501 g/mol. The molecule has 1 saturated carbocycles. The van der Waals surface area contributed by atoms with Crippen LogP contribution in [0.15, 0.2) is 30.3 Å². The Morgan fingerprint density at radius 1 is 1.14 bits per heavy atom. The van der Waals surface area contributed by atoms with Crippen molar-refractivity contribution >= 4 is 29.4 Å². The van der Waals surface area contributed by atoms with Crippen molar-refractivity contribution in [3.63, 3.8) is 0 Å². The zero-order valence-corrected chi connectivity index (χ0v) is 22.3. The minimum Gasteiger partial charge on any atom is -0.335 e. The van der Waals surface area contributed by atoms with E-state index in [1.807, 2.05) is 24.3 Å². The largest absolute Gasteiger partial charge is 0.335 e. The highest BCUT2D eigenvalue weighted by Crippen LogP contribution is 2.29. The topological polar surface area (TPSA) is 79.3 Å². The third-order valence-electron chi connectivity index (χ3n) is 6.41. The van der Waals surface area contributed by atoms with Crippen LogP contribution < -0.4 is 10.6 Å². The molecule has 2 N–H and O–H groups in total. The van der Waals surface area contributed by atoms with Gasteiger partial charge in [0, 0.05) is 24.1 Å². The number of carbonyl (C=O) groups excluding carboxylic acids is 2. The first-order chi connectivity index (χ1) is 16.7. The summed E-state index contributed by atoms with van der Waals surface area (Å²) in [5, 5.41) is 11.4. The molecule has 8 heteroatoms. The lowest BCUT2D eigenvalue weighted by Crippen LogP contribution is -2.48. The molecule has 1 aromatic carbocycles. The molecule has 0 aliphatic heterocycles. The van der Waals surface area contributed by atoms with Gasteiger partial charge in [0.25, 0.3) is 0 Å². The lowest BCUT2D eigenvalue weighted by Gasteiger charge is -2.28. The van der Waals surface area contributed by atoms with Gasteiger partial charge in [-0.25, -0.2) is 9.48 Å². The summed E-state index contributed by atoms with van der Waals surface area (Å²) in [4.78, 5) is 27.9. The second kappa shape index (κ2) is 12.4. The molecule has 192 valence electrons. The Morgan fingerprint density at radius 3 is 2.51 bits per heavy atom. The van der Waals surface area contributed by atoms with Crippen LogP contribution in [0.2, 0.25) is 5.02 Å². The van der Waals surface area contributed by atoms with E-state index in [2.05, 4.69) is 38.3 Å². The number of benzene rings is 1. The average molecular weight is 502 g/mol. The zero-order chi connectivity index (χ0) is 25.4. The highest BCUT2D eigenvalue weighted by Gasteiger charge is 2.25. The van der Waals surface area contributed by atoms with Crippen molar-refractivity contribution in [3.8, 4) is 5.69 Å². The number of hydrogen-bond acceptors (Lipinski definition) is 3. The van der Waals surface area contributed by atoms with Gasteiger partial charge in [0.2, 0.25) is 5.91 Å². The van der Waals surface area contributed by atoms with E-state index >= 15 is 0 Å². The van der Waals surface area contributed by atoms with Crippen LogP contribution in [0.25, 0.3) is 5.69 Å². The van der Waals surface area contributed by atoms with Gasteiger partial charge in [0.15, 0.2) is 0 Å². The van der Waals surface area contributed by atoms with Crippen LogP contribution in [0.3, 0.4) is 0 Å². The molecule has 1 aromatic heterocycles. The maximum Gasteiger partial charge on any atom is 0.318 e. The Kier molecular flexibility index (Phi) is 9.61. The van der Waals surface area contributed by atoms with Gasteiger partial charge in [-0.2, -0.15) is 5.10 Å². The summed E-state index contributed by atoms with van der Waals surface area (Å²) >= 11 is 6.45. The highest BCUT2D eigenvalue weighted by atomic mass is 35.5. The lowest BCUT2D eigenvalue weighted by atomic mass is 9.92. The summed E-state index contributed by atoms with van der Waals surface area (Å²) in [6, 6.07) is 9.33. The van der Waals surface area contributed by atoms with Gasteiger partial charge in [-0.05, 0) is 31.4 Å². The van der Waals surface area contributed by atoms with Crippen LogP contribution in [0.5, 0.6) is 0 Å². The van der Waals surface area contributed by atoms with Crippen molar-refractivity contribution in [2.24, 2.45) is 0 Å². The van der Waals surface area contributed by atoms with Crippen molar-refractivity contribution in [1.29, 1.82) is 0 Å². The number of amides is 3. The number of halogens is 1. The minimum atomic E-state index is -0.256. The molecule has 1 aliphatic rings. The Bertz CT molecular complexity index is 992. The molecule has 0 saturated heterocycles. The molecule has 1 fully saturated rings. The molecule has 3 rings (SSSR count). The highest BCUT2D eigenvalue weighted by molar-refractivity contribution is 6.32. The van der Waals surface area contributed by atoms with Crippen molar-refractivity contribution in [2.75, 3.05) is 18.4 Å². The van der Waals surface area contributed by atoms with Gasteiger partial charge in [-0.3, -0.25) is 4.79 Å². The number of carbonyl (C=O) groups is 2. The third-order valence-corrected chi connectivity index (χ3v) is 6.73. The van der Waals surface area contributed by atoms with E-state index in [0.29, 0.717) is 23.1 Å². The molecule has 0 unspecified atom stereocenters. The first-order valence-corrected chi connectivity index (χ1v) is 13.3. The molecular formula is C27H40ClN5O2. The maximum atomic E-state index is 13.2. The van der Waals surface area contributed by atoms with Gasteiger partial charge in [-0.15, -0.1) is 0 Å². The van der Waals surface area contributed by atoms with E-state index < -0.39 is 0 Å². The number of urea groups is 1. The van der Waals surface area contributed by atoms with Gasteiger partial charge >= 0.3 is 6.03 Å². The predicted molar refractivity (Wildman–Crippen MR) is 142 cm³/mol. The Balaban J connectivity index is 1.77. The molecular weight excluding hydrogens is 462 g/mol. The summed E-state index contributed by atoms with van der Waals surface area (Å²) in [6.45, 7) is 8.88.